The standard InChI is InChI=1S/C17H22Cl2N2O2.ClH/c1-12(23-13-2-3-14(18)15(19)10-13)16(22)21-8-5-17(6-9-21)4-7-20-11-17;/h2-3,10,12,20H,4-9,11H2,1H3;1H. The monoisotopic (exact) mass is 392 g/mol. The summed E-state index contributed by atoms with van der Waals surface area (Å²) in [6.07, 6.45) is 2.85. The lowest BCUT2D eigenvalue weighted by Crippen LogP contribution is -2.48. The molecule has 24 heavy (non-hydrogen) atoms. The van der Waals surface area contributed by atoms with Crippen LogP contribution in [0.2, 0.25) is 10.0 Å². The zero-order chi connectivity index (χ0) is 16.4. The number of nitrogens with one attached hydrogen (secondary N) is 1. The molecular formula is C17H23Cl3N2O2. The van der Waals surface area contributed by atoms with Gasteiger partial charge in [-0.05, 0) is 50.3 Å². The molecule has 2 fully saturated rings. The number of halogens is 3. The summed E-state index contributed by atoms with van der Waals surface area (Å²) in [6.45, 7) is 5.60. The Bertz CT molecular complexity index is 581. The van der Waals surface area contributed by atoms with E-state index in [1.807, 2.05) is 4.90 Å². The van der Waals surface area contributed by atoms with E-state index in [2.05, 4.69) is 5.32 Å². The van der Waals surface area contributed by atoms with Gasteiger partial charge in [-0.15, -0.1) is 12.4 Å². The molecule has 0 radical (unpaired) electrons. The van der Waals surface area contributed by atoms with Gasteiger partial charge in [0.05, 0.1) is 10.0 Å². The summed E-state index contributed by atoms with van der Waals surface area (Å²) in [5, 5.41) is 4.35. The van der Waals surface area contributed by atoms with Crippen molar-refractivity contribution in [3.63, 3.8) is 0 Å². The molecule has 2 aliphatic rings. The quantitative estimate of drug-likeness (QED) is 0.849. The Morgan fingerprint density at radius 2 is 1.96 bits per heavy atom. The Morgan fingerprint density at radius 3 is 2.54 bits per heavy atom. The van der Waals surface area contributed by atoms with Gasteiger partial charge in [0.15, 0.2) is 6.10 Å². The number of rotatable bonds is 3. The van der Waals surface area contributed by atoms with Gasteiger partial charge in [-0.25, -0.2) is 0 Å². The van der Waals surface area contributed by atoms with Gasteiger partial charge in [-0.1, -0.05) is 23.2 Å². The smallest absolute Gasteiger partial charge is 0.263 e. The third kappa shape index (κ3) is 4.29. The Labute approximate surface area is 159 Å². The van der Waals surface area contributed by atoms with Crippen LogP contribution in [0.5, 0.6) is 5.75 Å². The van der Waals surface area contributed by atoms with Crippen LogP contribution in [0.4, 0.5) is 0 Å². The van der Waals surface area contributed by atoms with Crippen LogP contribution in [-0.2, 0) is 4.79 Å². The molecule has 7 heteroatoms. The number of ether oxygens (including phenoxy) is 1. The van der Waals surface area contributed by atoms with Crippen molar-refractivity contribution < 1.29 is 9.53 Å². The fourth-order valence-corrected chi connectivity index (χ4v) is 3.77. The minimum Gasteiger partial charge on any atom is -0.481 e. The highest BCUT2D eigenvalue weighted by atomic mass is 35.5. The van der Waals surface area contributed by atoms with Gasteiger partial charge in [0.2, 0.25) is 0 Å². The van der Waals surface area contributed by atoms with Gasteiger partial charge >= 0.3 is 0 Å². The highest BCUT2D eigenvalue weighted by Gasteiger charge is 2.38. The SMILES string of the molecule is CC(Oc1ccc(Cl)c(Cl)c1)C(=O)N1CCC2(CCNC2)CC1.Cl. The van der Waals surface area contributed by atoms with Gasteiger partial charge in [0, 0.05) is 25.7 Å². The summed E-state index contributed by atoms with van der Waals surface area (Å²) in [5.41, 5.74) is 0.407. The van der Waals surface area contributed by atoms with E-state index in [0.717, 1.165) is 39.0 Å². The molecule has 134 valence electrons. The molecule has 2 heterocycles. The average Bonchev–Trinajstić information content (AvgIpc) is 2.99. The lowest BCUT2D eigenvalue weighted by atomic mass is 9.78. The largest absolute Gasteiger partial charge is 0.481 e. The van der Waals surface area contributed by atoms with E-state index in [4.69, 9.17) is 27.9 Å². The zero-order valence-electron chi connectivity index (χ0n) is 13.7. The Kier molecular flexibility index (Phi) is 6.66. The van der Waals surface area contributed by atoms with Gasteiger partial charge in [0.25, 0.3) is 5.91 Å². The van der Waals surface area contributed by atoms with Gasteiger partial charge < -0.3 is 15.0 Å². The lowest BCUT2D eigenvalue weighted by Gasteiger charge is -2.39. The second kappa shape index (κ2) is 8.13. The number of carbonyl (C=O) groups excluding carboxylic acids is 1. The van der Waals surface area contributed by atoms with Crippen molar-refractivity contribution in [3.05, 3.63) is 28.2 Å². The van der Waals surface area contributed by atoms with Crippen molar-refractivity contribution in [3.8, 4) is 5.75 Å². The third-order valence-corrected chi connectivity index (χ3v) is 5.76. The van der Waals surface area contributed by atoms with E-state index < -0.39 is 6.10 Å². The molecular weight excluding hydrogens is 371 g/mol. The fourth-order valence-electron chi connectivity index (χ4n) is 3.49. The molecule has 1 unspecified atom stereocenters. The zero-order valence-corrected chi connectivity index (χ0v) is 16.0. The van der Waals surface area contributed by atoms with E-state index in [-0.39, 0.29) is 18.3 Å². The number of benzene rings is 1. The van der Waals surface area contributed by atoms with Crippen LogP contribution < -0.4 is 10.1 Å². The molecule has 0 saturated carbocycles. The Hall–Kier alpha value is -0.680. The van der Waals surface area contributed by atoms with Crippen LogP contribution in [0.25, 0.3) is 0 Å². The van der Waals surface area contributed by atoms with Crippen LogP contribution in [0.1, 0.15) is 26.2 Å². The van der Waals surface area contributed by atoms with Crippen molar-refractivity contribution >= 4 is 41.5 Å². The fraction of sp³-hybridized carbons (Fsp3) is 0.588. The number of piperidine rings is 1. The van der Waals surface area contributed by atoms with Crippen LogP contribution in [0.15, 0.2) is 18.2 Å². The number of amides is 1. The van der Waals surface area contributed by atoms with Gasteiger partial charge in [-0.3, -0.25) is 4.79 Å². The Balaban J connectivity index is 0.00000208. The summed E-state index contributed by atoms with van der Waals surface area (Å²) in [4.78, 5) is 14.5. The molecule has 1 spiro atoms. The van der Waals surface area contributed by atoms with Crippen molar-refractivity contribution in [1.29, 1.82) is 0 Å². The van der Waals surface area contributed by atoms with Crippen molar-refractivity contribution in [1.82, 2.24) is 10.2 Å². The van der Waals surface area contributed by atoms with E-state index in [9.17, 15) is 4.79 Å². The minimum absolute atomic E-state index is 0. The van der Waals surface area contributed by atoms with Crippen LogP contribution in [-0.4, -0.2) is 43.1 Å². The van der Waals surface area contributed by atoms with Crippen molar-refractivity contribution in [2.75, 3.05) is 26.2 Å². The maximum absolute atomic E-state index is 12.6. The first-order chi connectivity index (χ1) is 11.0. The second-order valence-electron chi connectivity index (χ2n) is 6.59. The molecule has 2 saturated heterocycles. The van der Waals surface area contributed by atoms with Crippen LogP contribution in [0, 0.1) is 5.41 Å². The molecule has 4 nitrogen and oxygen atoms in total. The van der Waals surface area contributed by atoms with E-state index in [1.54, 1.807) is 25.1 Å². The molecule has 0 aromatic heterocycles. The van der Waals surface area contributed by atoms with E-state index >= 15 is 0 Å². The number of carbonyl (C=O) groups is 1. The first-order valence-electron chi connectivity index (χ1n) is 8.10. The minimum atomic E-state index is -0.525. The Morgan fingerprint density at radius 1 is 1.25 bits per heavy atom. The average molecular weight is 394 g/mol. The predicted molar refractivity (Wildman–Crippen MR) is 99.5 cm³/mol. The summed E-state index contributed by atoms with van der Waals surface area (Å²) in [7, 11) is 0. The highest BCUT2D eigenvalue weighted by Crippen LogP contribution is 2.37. The molecule has 1 aromatic carbocycles. The van der Waals surface area contributed by atoms with Crippen molar-refractivity contribution in [2.24, 2.45) is 5.41 Å². The number of hydrogen-bond donors (Lipinski definition) is 1. The number of nitrogens with zero attached hydrogens (tertiary/aromatic N) is 1. The van der Waals surface area contributed by atoms with Crippen LogP contribution >= 0.6 is 35.6 Å². The summed E-state index contributed by atoms with van der Waals surface area (Å²) in [5.74, 6) is 0.602. The molecule has 0 aliphatic carbocycles. The predicted octanol–water partition coefficient (Wildman–Crippen LogP) is 3.78. The van der Waals surface area contributed by atoms with E-state index in [0.29, 0.717) is 21.2 Å². The maximum atomic E-state index is 12.6. The first kappa shape index (κ1) is 19.6. The van der Waals surface area contributed by atoms with Gasteiger partial charge in [-0.2, -0.15) is 0 Å². The van der Waals surface area contributed by atoms with Crippen LogP contribution in [0.3, 0.4) is 0 Å². The van der Waals surface area contributed by atoms with E-state index in [1.165, 1.54) is 6.42 Å². The summed E-state index contributed by atoms with van der Waals surface area (Å²) >= 11 is 11.9. The second-order valence-corrected chi connectivity index (χ2v) is 7.40. The third-order valence-electron chi connectivity index (χ3n) is 5.02. The molecule has 1 amide bonds. The summed E-state index contributed by atoms with van der Waals surface area (Å²) < 4.78 is 5.74. The molecule has 2 aliphatic heterocycles. The normalized spacial score (nSPS) is 20.5. The topological polar surface area (TPSA) is 41.6 Å². The number of hydrogen-bond acceptors (Lipinski definition) is 3. The van der Waals surface area contributed by atoms with Crippen molar-refractivity contribution in [2.45, 2.75) is 32.3 Å². The highest BCUT2D eigenvalue weighted by molar-refractivity contribution is 6.42. The molecule has 1 N–H and O–H groups in total. The summed E-state index contributed by atoms with van der Waals surface area (Å²) in [6, 6.07) is 5.05. The molecule has 0 bridgehead atoms. The number of likely N-dealkylation sites (tertiary alicyclic amines) is 1. The van der Waals surface area contributed by atoms with Gasteiger partial charge in [0.1, 0.15) is 5.75 Å². The molecule has 1 atom stereocenters. The lowest BCUT2D eigenvalue weighted by molar-refractivity contribution is -0.140. The maximum Gasteiger partial charge on any atom is 0.263 e. The molecule has 1 aromatic rings. The molecule has 3 rings (SSSR count). The first-order valence-corrected chi connectivity index (χ1v) is 8.86.